The maximum absolute atomic E-state index is 10.8. The topological polar surface area (TPSA) is 26.3 Å². The Kier molecular flexibility index (Phi) is 4.05. The van der Waals surface area contributed by atoms with Gasteiger partial charge in [-0.25, -0.2) is 0 Å². The highest BCUT2D eigenvalue weighted by Crippen LogP contribution is 2.36. The Bertz CT molecular complexity index is 597. The molecule has 2 aromatic rings. The molecule has 1 aromatic carbocycles. The van der Waals surface area contributed by atoms with Gasteiger partial charge in [-0.1, -0.05) is 13.8 Å². The molecule has 0 spiro atoms. The molecule has 0 fully saturated rings. The van der Waals surface area contributed by atoms with E-state index in [0.29, 0.717) is 5.92 Å². The summed E-state index contributed by atoms with van der Waals surface area (Å²) in [5, 5.41) is 0. The number of carbonyl (C=O) groups is 1. The van der Waals surface area contributed by atoms with Crippen molar-refractivity contribution in [2.75, 3.05) is 7.11 Å². The summed E-state index contributed by atoms with van der Waals surface area (Å²) in [6.07, 6.45) is 0.899. The summed E-state index contributed by atoms with van der Waals surface area (Å²) in [4.78, 5) is 12.7. The van der Waals surface area contributed by atoms with E-state index in [9.17, 15) is 4.79 Å². The normalized spacial score (nSPS) is 10.8. The van der Waals surface area contributed by atoms with Crippen LogP contribution < -0.4 is 4.74 Å². The molecule has 0 saturated heterocycles. The number of aldehydes is 1. The molecule has 3 heteroatoms. The number of aryl methyl sites for hydroxylation is 1. The van der Waals surface area contributed by atoms with Crippen molar-refractivity contribution in [3.63, 3.8) is 0 Å². The Balaban J connectivity index is 2.57. The van der Waals surface area contributed by atoms with Crippen LogP contribution in [0.5, 0.6) is 5.75 Å². The lowest BCUT2D eigenvalue weighted by molar-refractivity contribution is 0.112. The van der Waals surface area contributed by atoms with Gasteiger partial charge < -0.3 is 4.74 Å². The first kappa shape index (κ1) is 13.8. The zero-order chi connectivity index (χ0) is 14.0. The van der Waals surface area contributed by atoms with Gasteiger partial charge in [-0.3, -0.25) is 4.79 Å². The van der Waals surface area contributed by atoms with Crippen molar-refractivity contribution >= 4 is 17.6 Å². The molecular formula is C16H18O2S. The largest absolute Gasteiger partial charge is 0.496 e. The van der Waals surface area contributed by atoms with Crippen LogP contribution in [0.3, 0.4) is 0 Å². The van der Waals surface area contributed by atoms with Crippen molar-refractivity contribution in [1.82, 2.24) is 0 Å². The number of thiophene rings is 1. The monoisotopic (exact) mass is 274 g/mol. The SMILES string of the molecule is COc1cc(C)c(-c2ccc(C=O)s2)cc1C(C)C. The minimum Gasteiger partial charge on any atom is -0.496 e. The van der Waals surface area contributed by atoms with E-state index in [-0.39, 0.29) is 0 Å². The van der Waals surface area contributed by atoms with E-state index in [0.717, 1.165) is 21.8 Å². The van der Waals surface area contributed by atoms with Crippen LogP contribution in [0.1, 0.15) is 40.6 Å². The van der Waals surface area contributed by atoms with E-state index in [1.165, 1.54) is 28.0 Å². The van der Waals surface area contributed by atoms with Crippen molar-refractivity contribution in [3.05, 3.63) is 40.3 Å². The van der Waals surface area contributed by atoms with Gasteiger partial charge in [0, 0.05) is 4.88 Å². The summed E-state index contributed by atoms with van der Waals surface area (Å²) in [5.74, 6) is 1.34. The lowest BCUT2D eigenvalue weighted by Crippen LogP contribution is -1.96. The van der Waals surface area contributed by atoms with Crippen molar-refractivity contribution < 1.29 is 9.53 Å². The second-order valence-corrected chi connectivity index (χ2v) is 6.00. The summed E-state index contributed by atoms with van der Waals surface area (Å²) < 4.78 is 5.45. The number of hydrogen-bond donors (Lipinski definition) is 0. The van der Waals surface area contributed by atoms with Crippen LogP contribution in [0.15, 0.2) is 24.3 Å². The van der Waals surface area contributed by atoms with Crippen LogP contribution in [-0.2, 0) is 0 Å². The molecule has 0 aliphatic carbocycles. The van der Waals surface area contributed by atoms with E-state index in [1.807, 2.05) is 12.1 Å². The molecular weight excluding hydrogens is 256 g/mol. The molecule has 0 unspecified atom stereocenters. The average molecular weight is 274 g/mol. The van der Waals surface area contributed by atoms with Crippen LogP contribution in [0, 0.1) is 6.92 Å². The third-order valence-corrected chi connectivity index (χ3v) is 4.25. The van der Waals surface area contributed by atoms with Crippen LogP contribution in [0.2, 0.25) is 0 Å². The number of hydrogen-bond acceptors (Lipinski definition) is 3. The number of carbonyl (C=O) groups excluding carboxylic acids is 1. The van der Waals surface area contributed by atoms with E-state index < -0.39 is 0 Å². The highest BCUT2D eigenvalue weighted by Gasteiger charge is 2.13. The third-order valence-electron chi connectivity index (χ3n) is 3.21. The summed E-state index contributed by atoms with van der Waals surface area (Å²) in [5.41, 5.74) is 3.55. The third kappa shape index (κ3) is 2.71. The standard InChI is InChI=1S/C16H18O2S/c1-10(2)13-8-14(11(3)7-15(13)18-4)16-6-5-12(9-17)19-16/h5-10H,1-4H3. The first-order chi connectivity index (χ1) is 9.06. The van der Waals surface area contributed by atoms with Gasteiger partial charge in [0.25, 0.3) is 0 Å². The lowest BCUT2D eigenvalue weighted by Gasteiger charge is -2.15. The Morgan fingerprint density at radius 1 is 1.26 bits per heavy atom. The van der Waals surface area contributed by atoms with E-state index in [4.69, 9.17) is 4.74 Å². The predicted octanol–water partition coefficient (Wildman–Crippen LogP) is 4.67. The van der Waals surface area contributed by atoms with Gasteiger partial charge >= 0.3 is 0 Å². The summed E-state index contributed by atoms with van der Waals surface area (Å²) in [7, 11) is 1.70. The highest BCUT2D eigenvalue weighted by atomic mass is 32.1. The number of ether oxygens (including phenoxy) is 1. The molecule has 0 N–H and O–H groups in total. The fourth-order valence-electron chi connectivity index (χ4n) is 2.15. The zero-order valence-electron chi connectivity index (χ0n) is 11.7. The Morgan fingerprint density at radius 2 is 2.00 bits per heavy atom. The average Bonchev–Trinajstić information content (AvgIpc) is 2.86. The van der Waals surface area contributed by atoms with Crippen LogP contribution in [-0.4, -0.2) is 13.4 Å². The van der Waals surface area contributed by atoms with Crippen molar-refractivity contribution in [2.24, 2.45) is 0 Å². The molecule has 1 heterocycles. The van der Waals surface area contributed by atoms with Crippen molar-refractivity contribution in [2.45, 2.75) is 26.7 Å². The van der Waals surface area contributed by atoms with Gasteiger partial charge in [-0.05, 0) is 53.8 Å². The summed E-state index contributed by atoms with van der Waals surface area (Å²) in [6.45, 7) is 6.38. The second kappa shape index (κ2) is 5.57. The molecule has 2 nitrogen and oxygen atoms in total. The summed E-state index contributed by atoms with van der Waals surface area (Å²) in [6, 6.07) is 8.13. The molecule has 0 atom stereocenters. The molecule has 0 bridgehead atoms. The van der Waals surface area contributed by atoms with Gasteiger partial charge in [0.15, 0.2) is 6.29 Å². The van der Waals surface area contributed by atoms with Gasteiger partial charge in [0.2, 0.25) is 0 Å². The Morgan fingerprint density at radius 3 is 2.53 bits per heavy atom. The van der Waals surface area contributed by atoms with Gasteiger partial charge in [0.05, 0.1) is 12.0 Å². The first-order valence-electron chi connectivity index (χ1n) is 6.30. The Labute approximate surface area is 118 Å². The van der Waals surface area contributed by atoms with Gasteiger partial charge in [0.1, 0.15) is 5.75 Å². The van der Waals surface area contributed by atoms with Gasteiger partial charge in [-0.15, -0.1) is 11.3 Å². The minimum atomic E-state index is 0.403. The van der Waals surface area contributed by atoms with Crippen LogP contribution in [0.4, 0.5) is 0 Å². The van der Waals surface area contributed by atoms with Crippen molar-refractivity contribution in [3.8, 4) is 16.2 Å². The maximum Gasteiger partial charge on any atom is 0.160 e. The smallest absolute Gasteiger partial charge is 0.160 e. The van der Waals surface area contributed by atoms with Crippen molar-refractivity contribution in [1.29, 1.82) is 0 Å². The molecule has 100 valence electrons. The quantitative estimate of drug-likeness (QED) is 0.757. The number of rotatable bonds is 4. The lowest BCUT2D eigenvalue weighted by atomic mass is 9.96. The van der Waals surface area contributed by atoms with Crippen LogP contribution >= 0.6 is 11.3 Å². The summed E-state index contributed by atoms with van der Waals surface area (Å²) >= 11 is 1.53. The predicted molar refractivity (Wildman–Crippen MR) is 80.5 cm³/mol. The Hall–Kier alpha value is -1.61. The molecule has 0 saturated carbocycles. The molecule has 0 radical (unpaired) electrons. The van der Waals surface area contributed by atoms with Crippen LogP contribution in [0.25, 0.3) is 10.4 Å². The molecule has 0 amide bonds. The fourth-order valence-corrected chi connectivity index (χ4v) is 3.06. The molecule has 0 aliphatic rings. The minimum absolute atomic E-state index is 0.403. The van der Waals surface area contributed by atoms with E-state index in [2.05, 4.69) is 32.9 Å². The molecule has 19 heavy (non-hydrogen) atoms. The molecule has 0 aliphatic heterocycles. The molecule has 2 rings (SSSR count). The fraction of sp³-hybridized carbons (Fsp3) is 0.312. The van der Waals surface area contributed by atoms with Gasteiger partial charge in [-0.2, -0.15) is 0 Å². The highest BCUT2D eigenvalue weighted by molar-refractivity contribution is 7.17. The zero-order valence-corrected chi connectivity index (χ0v) is 12.5. The second-order valence-electron chi connectivity index (χ2n) is 4.88. The maximum atomic E-state index is 10.8. The van der Waals surface area contributed by atoms with E-state index >= 15 is 0 Å². The number of methoxy groups -OCH3 is 1. The first-order valence-corrected chi connectivity index (χ1v) is 7.12. The van der Waals surface area contributed by atoms with E-state index in [1.54, 1.807) is 7.11 Å². The number of benzene rings is 1. The molecule has 1 aromatic heterocycles.